The van der Waals surface area contributed by atoms with E-state index in [0.717, 1.165) is 23.6 Å². The van der Waals surface area contributed by atoms with Crippen LogP contribution in [0.4, 0.5) is 8.78 Å². The molecular formula is C27H27F2N3O. The van der Waals surface area contributed by atoms with Crippen molar-refractivity contribution in [1.29, 1.82) is 0 Å². The van der Waals surface area contributed by atoms with Gasteiger partial charge >= 0.3 is 0 Å². The van der Waals surface area contributed by atoms with Crippen LogP contribution >= 0.6 is 0 Å². The molecule has 6 rings (SSSR count). The van der Waals surface area contributed by atoms with Crippen LogP contribution in [0.15, 0.2) is 60.3 Å². The van der Waals surface area contributed by atoms with Crippen molar-refractivity contribution < 1.29 is 13.6 Å². The van der Waals surface area contributed by atoms with Crippen molar-refractivity contribution in [1.82, 2.24) is 9.78 Å². The van der Waals surface area contributed by atoms with Gasteiger partial charge in [0.25, 0.3) is 5.91 Å². The summed E-state index contributed by atoms with van der Waals surface area (Å²) in [6.07, 6.45) is 8.50. The molecule has 4 nitrogen and oxygen atoms in total. The van der Waals surface area contributed by atoms with Gasteiger partial charge in [-0.05, 0) is 90.5 Å². The van der Waals surface area contributed by atoms with Gasteiger partial charge in [-0.3, -0.25) is 4.79 Å². The van der Waals surface area contributed by atoms with Crippen molar-refractivity contribution in [3.8, 4) is 5.69 Å². The zero-order chi connectivity index (χ0) is 23.2. The van der Waals surface area contributed by atoms with Gasteiger partial charge < -0.3 is 5.73 Å². The first-order chi connectivity index (χ1) is 15.9. The largest absolute Gasteiger partial charge is 0.367 e. The molecule has 3 unspecified atom stereocenters. The third-order valence-electron chi connectivity index (χ3n) is 7.37. The second-order valence-corrected chi connectivity index (χ2v) is 9.20. The van der Waals surface area contributed by atoms with Gasteiger partial charge in [0, 0.05) is 0 Å². The highest BCUT2D eigenvalue weighted by Gasteiger charge is 2.60. The smallest absolute Gasteiger partial charge is 0.256 e. The Balaban J connectivity index is 0.000000154. The molecule has 170 valence electrons. The standard InChI is InChI=1S/C17H15FN2.C10H12FNO/c18-14-3-5-15(6-4-14)20-16-7-12-1-2-13-9-17(12,13)8-11(16)10-19-20;1-2-7-5-3-4-6-8(7)9(11)10(12)13/h3-7,10,13H,1-2,8-9H2;3-6,9H,2H2,1H3,(H2,12,13). The number of nitrogens with two attached hydrogens (primary N) is 1. The number of benzene rings is 2. The molecule has 0 radical (unpaired) electrons. The molecule has 0 saturated heterocycles. The number of primary amides is 1. The lowest BCUT2D eigenvalue weighted by atomic mass is 9.84. The first-order valence-corrected chi connectivity index (χ1v) is 11.5. The number of nitrogens with zero attached hydrogens (tertiary/aromatic N) is 2. The summed E-state index contributed by atoms with van der Waals surface area (Å²) in [5.74, 6) is -0.208. The number of aromatic nitrogens is 2. The fraction of sp³-hybridized carbons (Fsp3) is 0.333. The molecule has 33 heavy (non-hydrogen) atoms. The van der Waals surface area contributed by atoms with E-state index < -0.39 is 12.1 Å². The average molecular weight is 448 g/mol. The number of allylic oxidation sites excluding steroid dienone is 1. The molecule has 2 fully saturated rings. The molecule has 1 amide bonds. The van der Waals surface area contributed by atoms with Crippen LogP contribution in [0, 0.1) is 17.2 Å². The van der Waals surface area contributed by atoms with Gasteiger partial charge in [0.2, 0.25) is 6.17 Å². The minimum atomic E-state index is -1.68. The summed E-state index contributed by atoms with van der Waals surface area (Å²) in [6, 6.07) is 13.5. The number of hydrogen-bond donors (Lipinski definition) is 1. The summed E-state index contributed by atoms with van der Waals surface area (Å²) in [4.78, 5) is 10.6. The molecule has 6 heteroatoms. The molecule has 3 aliphatic carbocycles. The lowest BCUT2D eigenvalue weighted by molar-refractivity contribution is -0.122. The highest BCUT2D eigenvalue weighted by atomic mass is 19.1. The molecule has 0 bridgehead atoms. The normalized spacial score (nSPS) is 22.8. The molecule has 2 N–H and O–H groups in total. The monoisotopic (exact) mass is 447 g/mol. The number of halogens is 2. The van der Waals surface area contributed by atoms with Gasteiger partial charge in [-0.2, -0.15) is 5.10 Å². The van der Waals surface area contributed by atoms with E-state index in [1.54, 1.807) is 35.9 Å². The lowest BCUT2D eigenvalue weighted by Crippen LogP contribution is -2.18. The van der Waals surface area contributed by atoms with Crippen LogP contribution in [0.25, 0.3) is 11.8 Å². The molecule has 3 aliphatic rings. The minimum Gasteiger partial charge on any atom is -0.367 e. The van der Waals surface area contributed by atoms with Gasteiger partial charge in [0.15, 0.2) is 0 Å². The molecule has 2 saturated carbocycles. The number of amides is 1. The number of carbonyl (C=O) groups excluding carboxylic acids is 1. The zero-order valence-corrected chi connectivity index (χ0v) is 18.6. The van der Waals surface area contributed by atoms with E-state index in [-0.39, 0.29) is 5.82 Å². The maximum atomic E-state index is 13.2. The van der Waals surface area contributed by atoms with Crippen molar-refractivity contribution in [3.05, 3.63) is 88.5 Å². The summed E-state index contributed by atoms with van der Waals surface area (Å²) in [6.45, 7) is 1.91. The highest BCUT2D eigenvalue weighted by molar-refractivity contribution is 5.80. The first kappa shape index (κ1) is 21.6. The fourth-order valence-corrected chi connectivity index (χ4v) is 5.51. The number of fused-ring (bicyclic) bond motifs is 1. The van der Waals surface area contributed by atoms with Gasteiger partial charge in [-0.15, -0.1) is 0 Å². The van der Waals surface area contributed by atoms with E-state index in [0.29, 0.717) is 17.4 Å². The van der Waals surface area contributed by atoms with Crippen molar-refractivity contribution >= 4 is 12.0 Å². The van der Waals surface area contributed by atoms with E-state index in [2.05, 4.69) is 11.2 Å². The van der Waals surface area contributed by atoms with Crippen molar-refractivity contribution in [2.24, 2.45) is 17.1 Å². The SMILES string of the molecule is CCc1ccccc1C(F)C(N)=O.Fc1ccc(-n2ncc3c2C=C2CCC4CC24C3)cc1. The second kappa shape index (κ2) is 8.25. The Morgan fingerprint density at radius 3 is 2.70 bits per heavy atom. The molecule has 3 aromatic rings. The highest BCUT2D eigenvalue weighted by Crippen LogP contribution is 2.69. The van der Waals surface area contributed by atoms with E-state index >= 15 is 0 Å². The van der Waals surface area contributed by atoms with Gasteiger partial charge in [-0.25, -0.2) is 13.5 Å². The number of rotatable bonds is 4. The Morgan fingerprint density at radius 2 is 2.00 bits per heavy atom. The fourth-order valence-electron chi connectivity index (χ4n) is 5.51. The average Bonchev–Trinajstić information content (AvgIpc) is 3.18. The zero-order valence-electron chi connectivity index (χ0n) is 18.6. The summed E-state index contributed by atoms with van der Waals surface area (Å²) in [7, 11) is 0. The molecule has 1 spiro atoms. The molecule has 2 aromatic carbocycles. The maximum Gasteiger partial charge on any atom is 0.256 e. The molecule has 1 aromatic heterocycles. The van der Waals surface area contributed by atoms with E-state index in [1.165, 1.54) is 42.7 Å². The van der Waals surface area contributed by atoms with Gasteiger partial charge in [0.1, 0.15) is 5.82 Å². The van der Waals surface area contributed by atoms with E-state index in [1.807, 2.05) is 23.9 Å². The van der Waals surface area contributed by atoms with Crippen LogP contribution < -0.4 is 5.73 Å². The van der Waals surface area contributed by atoms with Gasteiger partial charge in [0.05, 0.1) is 17.6 Å². The van der Waals surface area contributed by atoms with Crippen LogP contribution in [0.2, 0.25) is 0 Å². The number of aryl methyl sites for hydroxylation is 1. The molecule has 0 aliphatic heterocycles. The van der Waals surface area contributed by atoms with Gasteiger partial charge in [-0.1, -0.05) is 36.8 Å². The Kier molecular flexibility index (Phi) is 5.39. The molecular weight excluding hydrogens is 420 g/mol. The lowest BCUT2D eigenvalue weighted by Gasteiger charge is -2.21. The third-order valence-corrected chi connectivity index (χ3v) is 7.37. The first-order valence-electron chi connectivity index (χ1n) is 11.5. The number of hydrogen-bond acceptors (Lipinski definition) is 2. The Hall–Kier alpha value is -3.28. The van der Waals surface area contributed by atoms with Crippen LogP contribution in [0.3, 0.4) is 0 Å². The number of carbonyl (C=O) groups is 1. The van der Waals surface area contributed by atoms with Crippen LogP contribution in [0.5, 0.6) is 0 Å². The predicted molar refractivity (Wildman–Crippen MR) is 124 cm³/mol. The van der Waals surface area contributed by atoms with Crippen LogP contribution in [0.1, 0.15) is 54.7 Å². The van der Waals surface area contributed by atoms with Crippen molar-refractivity contribution in [2.45, 2.75) is 45.2 Å². The quantitative estimate of drug-likeness (QED) is 0.574. The maximum absolute atomic E-state index is 13.2. The minimum absolute atomic E-state index is 0.205. The van der Waals surface area contributed by atoms with E-state index in [4.69, 9.17) is 5.73 Å². The number of alkyl halides is 1. The summed E-state index contributed by atoms with van der Waals surface area (Å²) >= 11 is 0. The van der Waals surface area contributed by atoms with Crippen molar-refractivity contribution in [3.63, 3.8) is 0 Å². The van der Waals surface area contributed by atoms with E-state index in [9.17, 15) is 13.6 Å². The molecule has 1 heterocycles. The Bertz CT molecular complexity index is 1230. The predicted octanol–water partition coefficient (Wildman–Crippen LogP) is 5.50. The topological polar surface area (TPSA) is 60.9 Å². The summed E-state index contributed by atoms with van der Waals surface area (Å²) < 4.78 is 28.2. The Morgan fingerprint density at radius 1 is 1.24 bits per heavy atom. The van der Waals surface area contributed by atoms with Crippen LogP contribution in [-0.4, -0.2) is 15.7 Å². The summed E-state index contributed by atoms with van der Waals surface area (Å²) in [5, 5.41) is 4.52. The third kappa shape index (κ3) is 3.77. The van der Waals surface area contributed by atoms with Crippen LogP contribution in [-0.2, 0) is 17.6 Å². The molecule has 3 atom stereocenters. The Labute approximate surface area is 192 Å². The second-order valence-electron chi connectivity index (χ2n) is 9.20. The summed E-state index contributed by atoms with van der Waals surface area (Å²) in [5.41, 5.74) is 11.7. The van der Waals surface area contributed by atoms with Crippen molar-refractivity contribution in [2.75, 3.05) is 0 Å².